The minimum absolute atomic E-state index is 0. The average molecular weight is 455 g/mol. The topological polar surface area (TPSA) is 78.1 Å². The van der Waals surface area contributed by atoms with Crippen LogP contribution in [-0.4, -0.2) is 42.3 Å². The molecule has 2 fully saturated rings. The number of nitrogens with zero attached hydrogens (tertiary/aromatic N) is 2. The number of hydrogen-bond donors (Lipinski definition) is 2. The molecule has 5 rings (SSSR count). The molecule has 0 spiro atoms. The van der Waals surface area contributed by atoms with Crippen molar-refractivity contribution in [3.63, 3.8) is 0 Å². The lowest BCUT2D eigenvalue weighted by Gasteiger charge is -2.29. The van der Waals surface area contributed by atoms with Gasteiger partial charge in [-0.25, -0.2) is 13.4 Å². The molecule has 1 aromatic heterocycles. The van der Waals surface area contributed by atoms with Gasteiger partial charge in [-0.3, -0.25) is 0 Å². The first-order chi connectivity index (χ1) is 13.1. The van der Waals surface area contributed by atoms with Gasteiger partial charge in [-0.15, -0.1) is 24.8 Å². The van der Waals surface area contributed by atoms with Crippen molar-refractivity contribution in [2.24, 2.45) is 11.8 Å². The molecule has 2 N–H and O–H groups in total. The van der Waals surface area contributed by atoms with Crippen LogP contribution in [0.1, 0.15) is 17.2 Å². The van der Waals surface area contributed by atoms with Crippen LogP contribution in [0.3, 0.4) is 0 Å². The maximum absolute atomic E-state index is 13.6. The first kappa shape index (κ1) is 22.1. The van der Waals surface area contributed by atoms with E-state index in [9.17, 15) is 8.42 Å². The van der Waals surface area contributed by atoms with Crippen LogP contribution in [-0.2, 0) is 10.0 Å². The van der Waals surface area contributed by atoms with E-state index < -0.39 is 10.0 Å². The van der Waals surface area contributed by atoms with Crippen LogP contribution in [0.25, 0.3) is 11.0 Å². The fourth-order valence-corrected chi connectivity index (χ4v) is 6.38. The second-order valence-corrected chi connectivity index (χ2v) is 9.43. The molecule has 2 aliphatic heterocycles. The molecule has 0 unspecified atom stereocenters. The van der Waals surface area contributed by atoms with E-state index in [0.717, 1.165) is 35.2 Å². The van der Waals surface area contributed by atoms with E-state index in [1.54, 1.807) is 28.8 Å². The van der Waals surface area contributed by atoms with E-state index >= 15 is 0 Å². The number of imidazole rings is 1. The van der Waals surface area contributed by atoms with Crippen LogP contribution in [0.4, 0.5) is 0 Å². The number of aromatic amines is 1. The lowest BCUT2D eigenvalue weighted by molar-refractivity contribution is 0.344. The molecule has 3 heterocycles. The lowest BCUT2D eigenvalue weighted by Crippen LogP contribution is -2.35. The second kappa shape index (κ2) is 8.24. The zero-order chi connectivity index (χ0) is 18.6. The van der Waals surface area contributed by atoms with Gasteiger partial charge in [0.1, 0.15) is 0 Å². The average Bonchev–Trinajstić information content (AvgIpc) is 3.37. The quantitative estimate of drug-likeness (QED) is 0.636. The molecule has 0 bridgehead atoms. The number of benzene rings is 2. The zero-order valence-corrected chi connectivity index (χ0v) is 18.4. The summed E-state index contributed by atoms with van der Waals surface area (Å²) in [6.07, 6.45) is 1.59. The van der Waals surface area contributed by atoms with E-state index in [4.69, 9.17) is 0 Å². The highest BCUT2D eigenvalue weighted by molar-refractivity contribution is 7.89. The zero-order valence-electron chi connectivity index (χ0n) is 15.9. The first-order valence-corrected chi connectivity index (χ1v) is 10.7. The van der Waals surface area contributed by atoms with Gasteiger partial charge in [0, 0.05) is 13.1 Å². The smallest absolute Gasteiger partial charge is 0.243 e. The van der Waals surface area contributed by atoms with Gasteiger partial charge in [-0.1, -0.05) is 24.3 Å². The van der Waals surface area contributed by atoms with Crippen molar-refractivity contribution in [2.75, 3.05) is 19.6 Å². The number of nitrogens with one attached hydrogen (secondary N) is 2. The molecule has 9 heteroatoms. The van der Waals surface area contributed by atoms with E-state index in [2.05, 4.69) is 34.3 Å². The van der Waals surface area contributed by atoms with Gasteiger partial charge in [-0.2, -0.15) is 4.31 Å². The van der Waals surface area contributed by atoms with Crippen LogP contribution in [0.2, 0.25) is 0 Å². The number of aryl methyl sites for hydroxylation is 1. The Morgan fingerprint density at radius 2 is 1.90 bits per heavy atom. The Morgan fingerprint density at radius 1 is 1.10 bits per heavy atom. The fourth-order valence-electron chi connectivity index (χ4n) is 4.64. The second-order valence-electron chi connectivity index (χ2n) is 7.54. The van der Waals surface area contributed by atoms with Crippen LogP contribution >= 0.6 is 24.8 Å². The predicted octanol–water partition coefficient (Wildman–Crippen LogP) is 3.30. The summed E-state index contributed by atoms with van der Waals surface area (Å²) in [6, 6.07) is 13.1. The number of aromatic nitrogens is 2. The molecule has 0 amide bonds. The molecule has 2 aromatic carbocycles. The third-order valence-corrected chi connectivity index (χ3v) is 7.87. The van der Waals surface area contributed by atoms with Gasteiger partial charge in [0.2, 0.25) is 10.0 Å². The molecule has 3 atom stereocenters. The molecule has 3 aromatic rings. The van der Waals surface area contributed by atoms with Gasteiger partial charge in [0.05, 0.1) is 28.3 Å². The summed E-state index contributed by atoms with van der Waals surface area (Å²) >= 11 is 0. The Morgan fingerprint density at radius 3 is 2.69 bits per heavy atom. The van der Waals surface area contributed by atoms with Crippen molar-refractivity contribution in [3.8, 4) is 0 Å². The minimum Gasteiger partial charge on any atom is -0.345 e. The number of halogens is 2. The van der Waals surface area contributed by atoms with Crippen LogP contribution in [0, 0.1) is 18.8 Å². The number of H-pyrrole nitrogens is 1. The minimum atomic E-state index is -3.61. The third-order valence-electron chi connectivity index (χ3n) is 6.03. The standard InChI is InChI=1S/C20H22N4O2S.2ClH/c1-13-4-2-3-5-16(13)20-17-10-21-9-14(17)11-24(20)27(25,26)15-6-7-18-19(8-15)23-12-22-18;;/h2-8,12,14,17,20-21H,9-11H2,1H3,(H,22,23);2*1H/t14-,17-,20-;;/m0../s1. The number of rotatable bonds is 3. The molecule has 2 saturated heterocycles. The summed E-state index contributed by atoms with van der Waals surface area (Å²) in [7, 11) is -3.61. The molecular weight excluding hydrogens is 431 g/mol. The van der Waals surface area contributed by atoms with Gasteiger partial charge >= 0.3 is 0 Å². The Kier molecular flexibility index (Phi) is 6.27. The van der Waals surface area contributed by atoms with Gasteiger partial charge in [0.25, 0.3) is 0 Å². The Labute approximate surface area is 183 Å². The van der Waals surface area contributed by atoms with E-state index in [1.807, 2.05) is 12.1 Å². The van der Waals surface area contributed by atoms with Crippen molar-refractivity contribution in [2.45, 2.75) is 17.9 Å². The molecule has 0 radical (unpaired) electrons. The van der Waals surface area contributed by atoms with Crippen molar-refractivity contribution in [1.82, 2.24) is 19.6 Å². The number of sulfonamides is 1. The fraction of sp³-hybridized carbons (Fsp3) is 0.350. The van der Waals surface area contributed by atoms with E-state index in [0.29, 0.717) is 23.3 Å². The third kappa shape index (κ3) is 3.55. The summed E-state index contributed by atoms with van der Waals surface area (Å²) in [5.41, 5.74) is 3.76. The largest absolute Gasteiger partial charge is 0.345 e. The summed E-state index contributed by atoms with van der Waals surface area (Å²) in [5.74, 6) is 0.650. The molecule has 156 valence electrons. The van der Waals surface area contributed by atoms with Gasteiger partial charge in [-0.05, 0) is 54.6 Å². The van der Waals surface area contributed by atoms with Crippen molar-refractivity contribution >= 4 is 45.9 Å². The Balaban J connectivity index is 0.00000120. The molecule has 2 aliphatic rings. The van der Waals surface area contributed by atoms with Gasteiger partial charge in [0.15, 0.2) is 0 Å². The SMILES string of the molecule is Cc1ccccc1[C@H]1[C@H]2CNC[C@H]2CN1S(=O)(=O)c1ccc2nc[nH]c2c1.Cl.Cl. The highest BCUT2D eigenvalue weighted by atomic mass is 35.5. The van der Waals surface area contributed by atoms with E-state index in [-0.39, 0.29) is 30.9 Å². The van der Waals surface area contributed by atoms with Crippen LogP contribution in [0.15, 0.2) is 53.7 Å². The normalized spacial score (nSPS) is 24.1. The van der Waals surface area contributed by atoms with Crippen molar-refractivity contribution in [1.29, 1.82) is 0 Å². The molecule has 0 aliphatic carbocycles. The predicted molar refractivity (Wildman–Crippen MR) is 118 cm³/mol. The Bertz CT molecular complexity index is 1120. The molecule has 29 heavy (non-hydrogen) atoms. The Hall–Kier alpha value is -1.64. The highest BCUT2D eigenvalue weighted by Gasteiger charge is 2.50. The lowest BCUT2D eigenvalue weighted by atomic mass is 9.88. The van der Waals surface area contributed by atoms with Crippen molar-refractivity contribution < 1.29 is 8.42 Å². The summed E-state index contributed by atoms with van der Waals surface area (Å²) in [4.78, 5) is 7.52. The molecule has 6 nitrogen and oxygen atoms in total. The summed E-state index contributed by atoms with van der Waals surface area (Å²) in [6.45, 7) is 4.35. The maximum Gasteiger partial charge on any atom is 0.243 e. The van der Waals surface area contributed by atoms with Gasteiger partial charge < -0.3 is 10.3 Å². The maximum atomic E-state index is 13.6. The number of fused-ring (bicyclic) bond motifs is 2. The first-order valence-electron chi connectivity index (χ1n) is 9.27. The van der Waals surface area contributed by atoms with E-state index in [1.165, 1.54) is 0 Å². The van der Waals surface area contributed by atoms with Crippen LogP contribution < -0.4 is 5.32 Å². The van der Waals surface area contributed by atoms with Crippen LogP contribution in [0.5, 0.6) is 0 Å². The molecular formula is C20H24Cl2N4O2S. The summed E-state index contributed by atoms with van der Waals surface area (Å²) < 4.78 is 28.9. The number of hydrogen-bond acceptors (Lipinski definition) is 4. The van der Waals surface area contributed by atoms with Crippen molar-refractivity contribution in [3.05, 3.63) is 59.9 Å². The highest BCUT2D eigenvalue weighted by Crippen LogP contribution is 2.46. The monoisotopic (exact) mass is 454 g/mol. The molecule has 0 saturated carbocycles. The summed E-state index contributed by atoms with van der Waals surface area (Å²) in [5, 5.41) is 3.44.